The van der Waals surface area contributed by atoms with E-state index < -0.39 is 6.04 Å². The maximum atomic E-state index is 12.0. The molecule has 0 aliphatic carbocycles. The molecule has 0 unspecified atom stereocenters. The van der Waals surface area contributed by atoms with Crippen molar-refractivity contribution < 1.29 is 9.59 Å². The number of carbonyl (C=O) groups excluding carboxylic acids is 2. The molecule has 0 spiro atoms. The summed E-state index contributed by atoms with van der Waals surface area (Å²) in [4.78, 5) is 33.0. The average molecular weight is 313 g/mol. The van der Waals surface area contributed by atoms with Gasteiger partial charge in [-0.25, -0.2) is 9.97 Å². The Morgan fingerprint density at radius 3 is 2.50 bits per heavy atom. The zero-order valence-corrected chi connectivity index (χ0v) is 11.6. The van der Waals surface area contributed by atoms with Crippen molar-refractivity contribution in [2.75, 3.05) is 5.32 Å². The fraction of sp³-hybridized carbons (Fsp3) is 0.455. The lowest BCUT2D eigenvalue weighted by Crippen LogP contribution is -2.39. The van der Waals surface area contributed by atoms with Crippen molar-refractivity contribution in [2.24, 2.45) is 0 Å². The van der Waals surface area contributed by atoms with Crippen LogP contribution >= 0.6 is 15.9 Å². The number of imide groups is 1. The molecule has 0 aromatic carbocycles. The minimum Gasteiger partial charge on any atom is -0.342 e. The number of anilines is 1. The quantitative estimate of drug-likeness (QED) is 0.848. The summed E-state index contributed by atoms with van der Waals surface area (Å²) in [5.41, 5.74) is 0. The number of carbonyl (C=O) groups is 2. The molecule has 0 bridgehead atoms. The van der Waals surface area contributed by atoms with E-state index in [9.17, 15) is 9.59 Å². The molecule has 6 nitrogen and oxygen atoms in total. The molecular formula is C11H13BrN4O2. The molecule has 1 aromatic rings. The van der Waals surface area contributed by atoms with Crippen molar-refractivity contribution in [1.82, 2.24) is 14.9 Å². The maximum Gasteiger partial charge on any atom is 0.252 e. The van der Waals surface area contributed by atoms with E-state index in [0.717, 1.165) is 4.47 Å². The smallest absolute Gasteiger partial charge is 0.252 e. The first-order chi connectivity index (χ1) is 8.49. The van der Waals surface area contributed by atoms with Crippen molar-refractivity contribution in [3.05, 3.63) is 16.9 Å². The van der Waals surface area contributed by atoms with Crippen LogP contribution in [0, 0.1) is 0 Å². The highest BCUT2D eigenvalue weighted by atomic mass is 79.9. The monoisotopic (exact) mass is 312 g/mol. The largest absolute Gasteiger partial charge is 0.342 e. The Labute approximate surface area is 113 Å². The lowest BCUT2D eigenvalue weighted by Gasteiger charge is -2.19. The molecule has 1 N–H and O–H groups in total. The van der Waals surface area contributed by atoms with Gasteiger partial charge in [0.1, 0.15) is 6.04 Å². The lowest BCUT2D eigenvalue weighted by atomic mass is 10.2. The van der Waals surface area contributed by atoms with Gasteiger partial charge in [0.25, 0.3) is 5.91 Å². The Bertz CT molecular complexity index is 474. The summed E-state index contributed by atoms with van der Waals surface area (Å²) in [5, 5.41) is 2.88. The van der Waals surface area contributed by atoms with Crippen molar-refractivity contribution in [3.63, 3.8) is 0 Å². The van der Waals surface area contributed by atoms with Crippen LogP contribution < -0.4 is 5.32 Å². The van der Waals surface area contributed by atoms with E-state index in [4.69, 9.17) is 0 Å². The zero-order valence-electron chi connectivity index (χ0n) is 10.1. The van der Waals surface area contributed by atoms with Gasteiger partial charge in [0, 0.05) is 18.4 Å². The van der Waals surface area contributed by atoms with Crippen molar-refractivity contribution in [2.45, 2.75) is 32.4 Å². The summed E-state index contributed by atoms with van der Waals surface area (Å²) in [7, 11) is 0. The van der Waals surface area contributed by atoms with Gasteiger partial charge in [0.05, 0.1) is 10.9 Å². The number of nitrogens with zero attached hydrogens (tertiary/aromatic N) is 3. The minimum atomic E-state index is -0.568. The number of hydrogen-bond acceptors (Lipinski definition) is 5. The molecule has 1 fully saturated rings. The summed E-state index contributed by atoms with van der Waals surface area (Å²) in [5.74, 6) is -0.0407. The molecular weight excluding hydrogens is 300 g/mol. The van der Waals surface area contributed by atoms with Gasteiger partial charge in [-0.3, -0.25) is 14.5 Å². The van der Waals surface area contributed by atoms with E-state index in [1.165, 1.54) is 4.90 Å². The highest BCUT2D eigenvalue weighted by Crippen LogP contribution is 2.19. The van der Waals surface area contributed by atoms with Crippen molar-refractivity contribution in [3.8, 4) is 0 Å². The van der Waals surface area contributed by atoms with Crippen LogP contribution in [0.5, 0.6) is 0 Å². The Morgan fingerprint density at radius 2 is 2.00 bits per heavy atom. The van der Waals surface area contributed by atoms with Crippen molar-refractivity contribution >= 4 is 33.7 Å². The van der Waals surface area contributed by atoms with Crippen LogP contribution in [0.1, 0.15) is 20.3 Å². The Balaban J connectivity index is 2.10. The van der Waals surface area contributed by atoms with Gasteiger partial charge in [-0.1, -0.05) is 0 Å². The first-order valence-electron chi connectivity index (χ1n) is 5.59. The number of likely N-dealkylation sites (tertiary alicyclic amines) is 1. The third-order valence-corrected chi connectivity index (χ3v) is 3.03. The molecule has 1 saturated heterocycles. The number of nitrogens with one attached hydrogen (secondary N) is 1. The van der Waals surface area contributed by atoms with Crippen LogP contribution in [-0.2, 0) is 9.59 Å². The van der Waals surface area contributed by atoms with Gasteiger partial charge in [0.15, 0.2) is 0 Å². The maximum absolute atomic E-state index is 12.0. The van der Waals surface area contributed by atoms with E-state index in [1.54, 1.807) is 12.4 Å². The molecule has 2 rings (SSSR count). The summed E-state index contributed by atoms with van der Waals surface area (Å²) < 4.78 is 0.755. The number of halogens is 1. The van der Waals surface area contributed by atoms with Gasteiger partial charge in [-0.15, -0.1) is 0 Å². The first kappa shape index (κ1) is 12.9. The fourth-order valence-electron chi connectivity index (χ4n) is 1.85. The standard InChI is InChI=1S/C11H13BrN4O2/c1-6(2)16-9(17)3-8(10(16)18)15-11-13-4-7(12)5-14-11/h4-6,8H,3H2,1-2H3,(H,13,14,15)/t8-/m1/s1. The molecule has 1 aliphatic rings. The van der Waals surface area contributed by atoms with Crippen LogP contribution in [0.3, 0.4) is 0 Å². The van der Waals surface area contributed by atoms with Gasteiger partial charge in [0.2, 0.25) is 11.9 Å². The minimum absolute atomic E-state index is 0.123. The van der Waals surface area contributed by atoms with Gasteiger partial charge < -0.3 is 5.32 Å². The molecule has 0 radical (unpaired) electrons. The lowest BCUT2D eigenvalue weighted by molar-refractivity contribution is -0.140. The molecule has 96 valence electrons. The van der Waals surface area contributed by atoms with E-state index in [-0.39, 0.29) is 24.3 Å². The Hall–Kier alpha value is -1.50. The molecule has 1 aromatic heterocycles. The summed E-state index contributed by atoms with van der Waals surface area (Å²) >= 11 is 3.23. The molecule has 2 amide bonds. The highest BCUT2D eigenvalue weighted by molar-refractivity contribution is 9.10. The molecule has 18 heavy (non-hydrogen) atoms. The fourth-order valence-corrected chi connectivity index (χ4v) is 2.05. The van der Waals surface area contributed by atoms with Crippen LogP contribution in [0.25, 0.3) is 0 Å². The number of rotatable bonds is 3. The molecule has 0 saturated carbocycles. The van der Waals surface area contributed by atoms with Crippen LogP contribution in [0.2, 0.25) is 0 Å². The predicted molar refractivity (Wildman–Crippen MR) is 68.7 cm³/mol. The number of amides is 2. The average Bonchev–Trinajstić information content (AvgIpc) is 2.57. The predicted octanol–water partition coefficient (Wildman–Crippen LogP) is 1.19. The van der Waals surface area contributed by atoms with Crippen LogP contribution in [0.15, 0.2) is 16.9 Å². The second-order valence-corrected chi connectivity index (χ2v) is 5.24. The first-order valence-corrected chi connectivity index (χ1v) is 6.38. The molecule has 2 heterocycles. The summed E-state index contributed by atoms with van der Waals surface area (Å²) in [6.45, 7) is 3.63. The zero-order chi connectivity index (χ0) is 13.3. The molecule has 1 aliphatic heterocycles. The van der Waals surface area contributed by atoms with E-state index >= 15 is 0 Å². The van der Waals surface area contributed by atoms with E-state index in [0.29, 0.717) is 5.95 Å². The Morgan fingerprint density at radius 1 is 1.39 bits per heavy atom. The Kier molecular flexibility index (Phi) is 3.60. The van der Waals surface area contributed by atoms with Crippen LogP contribution in [0.4, 0.5) is 5.95 Å². The van der Waals surface area contributed by atoms with E-state index in [1.807, 2.05) is 13.8 Å². The number of aromatic nitrogens is 2. The highest BCUT2D eigenvalue weighted by Gasteiger charge is 2.40. The normalized spacial score (nSPS) is 19.8. The third-order valence-electron chi connectivity index (χ3n) is 2.62. The summed E-state index contributed by atoms with van der Waals surface area (Å²) in [6, 6.07) is -0.691. The van der Waals surface area contributed by atoms with Crippen molar-refractivity contribution in [1.29, 1.82) is 0 Å². The summed E-state index contributed by atoms with van der Waals surface area (Å²) in [6.07, 6.45) is 3.31. The molecule has 1 atom stereocenters. The second-order valence-electron chi connectivity index (χ2n) is 4.32. The van der Waals surface area contributed by atoms with Gasteiger partial charge >= 0.3 is 0 Å². The third kappa shape index (κ3) is 2.50. The molecule has 7 heteroatoms. The van der Waals surface area contributed by atoms with E-state index in [2.05, 4.69) is 31.2 Å². The van der Waals surface area contributed by atoms with Crippen LogP contribution in [-0.4, -0.2) is 38.8 Å². The topological polar surface area (TPSA) is 75.2 Å². The number of hydrogen-bond donors (Lipinski definition) is 1. The van der Waals surface area contributed by atoms with Gasteiger partial charge in [-0.05, 0) is 29.8 Å². The van der Waals surface area contributed by atoms with Gasteiger partial charge in [-0.2, -0.15) is 0 Å². The SMILES string of the molecule is CC(C)N1C(=O)C[C@@H](Nc2ncc(Br)cn2)C1=O. The second kappa shape index (κ2) is 5.01.